The lowest BCUT2D eigenvalue weighted by molar-refractivity contribution is -0.136. The van der Waals surface area contributed by atoms with Gasteiger partial charge in [0.1, 0.15) is 4.90 Å². The lowest BCUT2D eigenvalue weighted by Crippen LogP contribution is -2.52. The Labute approximate surface area is 187 Å². The van der Waals surface area contributed by atoms with Crippen molar-refractivity contribution in [1.82, 2.24) is 19.4 Å². The number of carbonyl (C=O) groups excluding carboxylic acids is 2. The number of rotatable bonds is 6. The van der Waals surface area contributed by atoms with Crippen molar-refractivity contribution < 1.29 is 22.7 Å². The van der Waals surface area contributed by atoms with E-state index in [1.807, 2.05) is 9.80 Å². The van der Waals surface area contributed by atoms with Gasteiger partial charge >= 0.3 is 0 Å². The van der Waals surface area contributed by atoms with Crippen LogP contribution in [0.5, 0.6) is 0 Å². The van der Waals surface area contributed by atoms with Crippen molar-refractivity contribution in [3.63, 3.8) is 0 Å². The molecule has 3 aliphatic rings. The molecule has 0 unspecified atom stereocenters. The first kappa shape index (κ1) is 22.5. The number of hydrogen-bond donors (Lipinski definition) is 1. The number of amides is 2. The van der Waals surface area contributed by atoms with E-state index in [4.69, 9.17) is 16.3 Å². The molecule has 31 heavy (non-hydrogen) atoms. The van der Waals surface area contributed by atoms with E-state index >= 15 is 0 Å². The number of sulfonamides is 1. The molecule has 0 spiro atoms. The number of morpholine rings is 1. The van der Waals surface area contributed by atoms with Gasteiger partial charge in [0.05, 0.1) is 24.8 Å². The minimum Gasteiger partial charge on any atom is -0.378 e. The molecule has 2 amide bonds. The minimum absolute atomic E-state index is 0.0475. The molecule has 0 aromatic heterocycles. The third kappa shape index (κ3) is 5.56. The van der Waals surface area contributed by atoms with Crippen LogP contribution in [0.3, 0.4) is 0 Å². The molecular weight excluding hydrogens is 444 g/mol. The average molecular weight is 471 g/mol. The van der Waals surface area contributed by atoms with E-state index in [9.17, 15) is 18.0 Å². The summed E-state index contributed by atoms with van der Waals surface area (Å²) in [6, 6.07) is 4.31. The van der Waals surface area contributed by atoms with Gasteiger partial charge in [-0.25, -0.2) is 13.1 Å². The summed E-state index contributed by atoms with van der Waals surface area (Å²) >= 11 is 6.11. The topological polar surface area (TPSA) is 99.3 Å². The first-order valence-electron chi connectivity index (χ1n) is 10.5. The second-order valence-corrected chi connectivity index (χ2v) is 10.2. The van der Waals surface area contributed by atoms with Crippen LogP contribution in [0, 0.1) is 0 Å². The zero-order valence-corrected chi connectivity index (χ0v) is 18.8. The van der Waals surface area contributed by atoms with E-state index in [2.05, 4.69) is 4.72 Å². The lowest BCUT2D eigenvalue weighted by Gasteiger charge is -2.36. The number of nitrogens with zero attached hydrogens (tertiary/aromatic N) is 3. The average Bonchev–Trinajstić information content (AvgIpc) is 3.58. The summed E-state index contributed by atoms with van der Waals surface area (Å²) in [6.07, 6.45) is 1.63. The van der Waals surface area contributed by atoms with E-state index in [1.54, 1.807) is 11.0 Å². The Morgan fingerprint density at radius 2 is 1.71 bits per heavy atom. The molecule has 0 radical (unpaired) electrons. The van der Waals surface area contributed by atoms with Gasteiger partial charge in [-0.1, -0.05) is 11.6 Å². The first-order valence-corrected chi connectivity index (χ1v) is 12.4. The summed E-state index contributed by atoms with van der Waals surface area (Å²) in [4.78, 5) is 30.8. The molecule has 2 saturated heterocycles. The van der Waals surface area contributed by atoms with Crippen LogP contribution in [-0.2, 0) is 19.6 Å². The minimum atomic E-state index is -3.76. The molecule has 4 rings (SSSR count). The summed E-state index contributed by atoms with van der Waals surface area (Å²) in [5.41, 5.74) is 0.290. The smallest absolute Gasteiger partial charge is 0.253 e. The van der Waals surface area contributed by atoms with Crippen molar-refractivity contribution in [3.05, 3.63) is 28.8 Å². The van der Waals surface area contributed by atoms with Crippen LogP contribution in [0.25, 0.3) is 0 Å². The second-order valence-electron chi connectivity index (χ2n) is 8.10. The van der Waals surface area contributed by atoms with Gasteiger partial charge in [-0.15, -0.1) is 0 Å². The quantitative estimate of drug-likeness (QED) is 0.646. The van der Waals surface area contributed by atoms with Crippen molar-refractivity contribution >= 4 is 33.4 Å². The van der Waals surface area contributed by atoms with Gasteiger partial charge in [0.25, 0.3) is 5.91 Å². The Kier molecular flexibility index (Phi) is 6.83. The highest BCUT2D eigenvalue weighted by molar-refractivity contribution is 7.89. The zero-order chi connectivity index (χ0) is 22.0. The highest BCUT2D eigenvalue weighted by Crippen LogP contribution is 2.27. The van der Waals surface area contributed by atoms with Gasteiger partial charge in [-0.05, 0) is 31.0 Å². The summed E-state index contributed by atoms with van der Waals surface area (Å²) in [6.45, 7) is 4.84. The van der Waals surface area contributed by atoms with Gasteiger partial charge in [-0.2, -0.15) is 0 Å². The fourth-order valence-electron chi connectivity index (χ4n) is 3.72. The molecule has 1 aromatic rings. The third-order valence-electron chi connectivity index (χ3n) is 5.75. The molecule has 3 fully saturated rings. The summed E-state index contributed by atoms with van der Waals surface area (Å²) in [5.74, 6) is -0.155. The Balaban J connectivity index is 1.35. The highest BCUT2D eigenvalue weighted by Gasteiger charge is 2.31. The van der Waals surface area contributed by atoms with E-state index in [-0.39, 0.29) is 27.8 Å². The molecule has 0 atom stereocenters. The van der Waals surface area contributed by atoms with E-state index in [1.165, 1.54) is 12.1 Å². The molecule has 1 aromatic carbocycles. The molecule has 11 heteroatoms. The molecule has 170 valence electrons. The standard InChI is InChI=1S/C20H27ClN4O5S/c21-17-4-1-15(13-18(17)31(28,29)22-16-2-3-16)20(27)25-7-5-23(6-8-25)14-19(26)24-9-11-30-12-10-24/h1,4,13,16,22H,2-3,5-12,14H2. The Morgan fingerprint density at radius 1 is 1.03 bits per heavy atom. The first-order chi connectivity index (χ1) is 14.8. The predicted octanol–water partition coefficient (Wildman–Crippen LogP) is 0.397. The van der Waals surface area contributed by atoms with Gasteiger partial charge in [-0.3, -0.25) is 14.5 Å². The van der Waals surface area contributed by atoms with Crippen LogP contribution in [0.4, 0.5) is 0 Å². The molecular formula is C20H27ClN4O5S. The number of benzene rings is 1. The Hall–Kier alpha value is -1.72. The number of halogens is 1. The van der Waals surface area contributed by atoms with Crippen molar-refractivity contribution in [2.24, 2.45) is 0 Å². The fourth-order valence-corrected chi connectivity index (χ4v) is 5.55. The maximum Gasteiger partial charge on any atom is 0.253 e. The molecule has 2 heterocycles. The number of nitrogens with one attached hydrogen (secondary N) is 1. The number of hydrogen-bond acceptors (Lipinski definition) is 6. The molecule has 0 bridgehead atoms. The van der Waals surface area contributed by atoms with Crippen molar-refractivity contribution in [2.45, 2.75) is 23.8 Å². The molecule has 9 nitrogen and oxygen atoms in total. The number of piperazine rings is 1. The van der Waals surface area contributed by atoms with E-state index in [0.29, 0.717) is 64.6 Å². The third-order valence-corrected chi connectivity index (χ3v) is 7.75. The predicted molar refractivity (Wildman–Crippen MR) is 115 cm³/mol. The molecule has 1 N–H and O–H groups in total. The lowest BCUT2D eigenvalue weighted by atomic mass is 10.2. The monoisotopic (exact) mass is 470 g/mol. The van der Waals surface area contributed by atoms with Gasteiger partial charge in [0, 0.05) is 50.9 Å². The Bertz CT molecular complexity index is 939. The van der Waals surface area contributed by atoms with Crippen LogP contribution >= 0.6 is 11.6 Å². The Morgan fingerprint density at radius 3 is 2.35 bits per heavy atom. The van der Waals surface area contributed by atoms with Crippen LogP contribution in [0.15, 0.2) is 23.1 Å². The van der Waals surface area contributed by atoms with Crippen molar-refractivity contribution in [2.75, 3.05) is 59.0 Å². The SMILES string of the molecule is O=C(CN1CCN(C(=O)c2ccc(Cl)c(S(=O)(=O)NC3CC3)c2)CC1)N1CCOCC1. The van der Waals surface area contributed by atoms with Crippen LogP contribution < -0.4 is 4.72 Å². The van der Waals surface area contributed by atoms with Crippen LogP contribution in [0.2, 0.25) is 5.02 Å². The normalized spacial score (nSPS) is 20.7. The summed E-state index contributed by atoms with van der Waals surface area (Å²) < 4.78 is 33.0. The van der Waals surface area contributed by atoms with E-state index in [0.717, 1.165) is 12.8 Å². The summed E-state index contributed by atoms with van der Waals surface area (Å²) in [5, 5.41) is 0.0937. The van der Waals surface area contributed by atoms with Crippen LogP contribution in [-0.4, -0.2) is 100 Å². The van der Waals surface area contributed by atoms with Crippen molar-refractivity contribution in [3.8, 4) is 0 Å². The zero-order valence-electron chi connectivity index (χ0n) is 17.3. The molecule has 1 aliphatic carbocycles. The number of carbonyl (C=O) groups is 2. The van der Waals surface area contributed by atoms with Crippen LogP contribution in [0.1, 0.15) is 23.2 Å². The highest BCUT2D eigenvalue weighted by atomic mass is 35.5. The fraction of sp³-hybridized carbons (Fsp3) is 0.600. The van der Waals surface area contributed by atoms with Crippen molar-refractivity contribution in [1.29, 1.82) is 0 Å². The maximum absolute atomic E-state index is 13.0. The summed E-state index contributed by atoms with van der Waals surface area (Å²) in [7, 11) is -3.76. The molecule has 1 saturated carbocycles. The van der Waals surface area contributed by atoms with Gasteiger partial charge < -0.3 is 14.5 Å². The maximum atomic E-state index is 13.0. The van der Waals surface area contributed by atoms with Gasteiger partial charge in [0.15, 0.2) is 0 Å². The largest absolute Gasteiger partial charge is 0.378 e. The van der Waals surface area contributed by atoms with E-state index < -0.39 is 10.0 Å². The number of ether oxygens (including phenoxy) is 1. The van der Waals surface area contributed by atoms with Gasteiger partial charge in [0.2, 0.25) is 15.9 Å². The second kappa shape index (κ2) is 9.41. The molecule has 2 aliphatic heterocycles.